The van der Waals surface area contributed by atoms with Gasteiger partial charge in [0.25, 0.3) is 0 Å². The number of amides is 1. The first-order valence-electron chi connectivity index (χ1n) is 7.08. The van der Waals surface area contributed by atoms with Crippen LogP contribution in [0.4, 0.5) is 0 Å². The van der Waals surface area contributed by atoms with E-state index in [1.807, 2.05) is 20.8 Å². The number of carbonyl (C=O) groups excluding carboxylic acids is 1. The third-order valence-corrected chi connectivity index (χ3v) is 3.10. The molecule has 122 valence electrons. The van der Waals surface area contributed by atoms with Gasteiger partial charge in [0.05, 0.1) is 12.0 Å². The number of aliphatic carboxylic acids is 1. The Balaban J connectivity index is 2.50. The number of carboxylic acids is 1. The fraction of sp³-hybridized carbons (Fsp3) is 0.500. The summed E-state index contributed by atoms with van der Waals surface area (Å²) in [5, 5.41) is 12.3. The van der Waals surface area contributed by atoms with Crippen molar-refractivity contribution < 1.29 is 19.4 Å². The van der Waals surface area contributed by atoms with E-state index in [9.17, 15) is 9.59 Å². The van der Waals surface area contributed by atoms with E-state index in [0.717, 1.165) is 5.56 Å². The highest BCUT2D eigenvalue weighted by molar-refractivity contribution is 6.30. The summed E-state index contributed by atoms with van der Waals surface area (Å²) in [4.78, 5) is 23.1. The lowest BCUT2D eigenvalue weighted by Gasteiger charge is -2.21. The molecule has 6 heteroatoms. The van der Waals surface area contributed by atoms with Crippen LogP contribution in [0.2, 0.25) is 5.02 Å². The molecule has 0 aliphatic rings. The first-order valence-corrected chi connectivity index (χ1v) is 7.46. The molecule has 0 saturated carbocycles. The van der Waals surface area contributed by atoms with Gasteiger partial charge in [-0.25, -0.2) is 4.79 Å². The third-order valence-electron chi connectivity index (χ3n) is 2.85. The van der Waals surface area contributed by atoms with Crippen LogP contribution < -0.4 is 5.32 Å². The Morgan fingerprint density at radius 1 is 1.27 bits per heavy atom. The highest BCUT2D eigenvalue weighted by Gasteiger charge is 2.21. The molecule has 0 saturated heterocycles. The average molecular weight is 328 g/mol. The summed E-state index contributed by atoms with van der Waals surface area (Å²) in [5.41, 5.74) is 0.438. The minimum Gasteiger partial charge on any atom is -0.480 e. The molecule has 1 rings (SSSR count). The Labute approximate surface area is 135 Å². The smallest absolute Gasteiger partial charge is 0.326 e. The van der Waals surface area contributed by atoms with Crippen LogP contribution in [0.3, 0.4) is 0 Å². The molecule has 1 atom stereocenters. The van der Waals surface area contributed by atoms with Crippen LogP contribution >= 0.6 is 11.6 Å². The summed E-state index contributed by atoms with van der Waals surface area (Å²) in [6.07, 6.45) is 0.333. The highest BCUT2D eigenvalue weighted by atomic mass is 35.5. The SMILES string of the molecule is CC(C)(C)OCCC(NC(=O)Cc1ccc(Cl)cc1)C(=O)O. The largest absolute Gasteiger partial charge is 0.480 e. The summed E-state index contributed by atoms with van der Waals surface area (Å²) >= 11 is 5.78. The number of hydrogen-bond donors (Lipinski definition) is 2. The van der Waals surface area contributed by atoms with Crippen LogP contribution in [-0.2, 0) is 20.7 Å². The summed E-state index contributed by atoms with van der Waals surface area (Å²) in [5.74, 6) is -1.41. The van der Waals surface area contributed by atoms with Crippen LogP contribution in [0.25, 0.3) is 0 Å². The lowest BCUT2D eigenvalue weighted by atomic mass is 10.1. The van der Waals surface area contributed by atoms with E-state index >= 15 is 0 Å². The monoisotopic (exact) mass is 327 g/mol. The summed E-state index contributed by atoms with van der Waals surface area (Å²) in [6, 6.07) is 5.90. The average Bonchev–Trinajstić information content (AvgIpc) is 2.38. The maximum Gasteiger partial charge on any atom is 0.326 e. The summed E-state index contributed by atoms with van der Waals surface area (Å²) < 4.78 is 5.49. The van der Waals surface area contributed by atoms with Crippen molar-refractivity contribution >= 4 is 23.5 Å². The van der Waals surface area contributed by atoms with Crippen molar-refractivity contribution in [3.8, 4) is 0 Å². The van der Waals surface area contributed by atoms with Gasteiger partial charge in [-0.3, -0.25) is 4.79 Å². The lowest BCUT2D eigenvalue weighted by Crippen LogP contribution is -2.42. The van der Waals surface area contributed by atoms with Gasteiger partial charge in [-0.2, -0.15) is 0 Å². The van der Waals surface area contributed by atoms with E-state index in [-0.39, 0.29) is 31.0 Å². The molecule has 0 aromatic heterocycles. The van der Waals surface area contributed by atoms with Crippen molar-refractivity contribution in [2.75, 3.05) is 6.61 Å². The molecule has 0 heterocycles. The Hall–Kier alpha value is -1.59. The second-order valence-electron chi connectivity index (χ2n) is 6.01. The standard InChI is InChI=1S/C16H22ClNO4/c1-16(2,3)22-9-8-13(15(20)21)18-14(19)10-11-4-6-12(17)7-5-11/h4-7,13H,8-10H2,1-3H3,(H,18,19)(H,20,21). The zero-order chi connectivity index (χ0) is 16.8. The Morgan fingerprint density at radius 2 is 1.86 bits per heavy atom. The van der Waals surface area contributed by atoms with Gasteiger partial charge in [-0.1, -0.05) is 23.7 Å². The topological polar surface area (TPSA) is 75.6 Å². The fourth-order valence-electron chi connectivity index (χ4n) is 1.77. The normalized spacial score (nSPS) is 12.7. The van der Waals surface area contributed by atoms with E-state index in [2.05, 4.69) is 5.32 Å². The fourth-order valence-corrected chi connectivity index (χ4v) is 1.90. The van der Waals surface area contributed by atoms with Gasteiger partial charge in [0, 0.05) is 18.1 Å². The van der Waals surface area contributed by atoms with Crippen molar-refractivity contribution in [3.63, 3.8) is 0 Å². The second kappa shape index (κ2) is 8.15. The van der Waals surface area contributed by atoms with Crippen molar-refractivity contribution in [2.24, 2.45) is 0 Å². The number of halogens is 1. The van der Waals surface area contributed by atoms with E-state index in [1.165, 1.54) is 0 Å². The van der Waals surface area contributed by atoms with E-state index in [0.29, 0.717) is 5.02 Å². The molecule has 1 aromatic rings. The highest BCUT2D eigenvalue weighted by Crippen LogP contribution is 2.11. The second-order valence-corrected chi connectivity index (χ2v) is 6.45. The molecule has 0 bridgehead atoms. The summed E-state index contributed by atoms with van der Waals surface area (Å²) in [7, 11) is 0. The predicted molar refractivity (Wildman–Crippen MR) is 85.0 cm³/mol. The van der Waals surface area contributed by atoms with Crippen LogP contribution in [-0.4, -0.2) is 35.2 Å². The van der Waals surface area contributed by atoms with Gasteiger partial charge >= 0.3 is 5.97 Å². The molecule has 2 N–H and O–H groups in total. The molecule has 1 amide bonds. The third kappa shape index (κ3) is 7.43. The zero-order valence-corrected chi connectivity index (χ0v) is 13.8. The van der Waals surface area contributed by atoms with Crippen molar-refractivity contribution in [3.05, 3.63) is 34.9 Å². The first kappa shape index (κ1) is 18.5. The molecule has 0 aliphatic carbocycles. The molecule has 1 aromatic carbocycles. The minimum absolute atomic E-state index is 0.112. The lowest BCUT2D eigenvalue weighted by molar-refractivity contribution is -0.142. The molecular formula is C16H22ClNO4. The predicted octanol–water partition coefficient (Wildman–Crippen LogP) is 2.66. The quantitative estimate of drug-likeness (QED) is 0.807. The van der Waals surface area contributed by atoms with Crippen LogP contribution in [0.5, 0.6) is 0 Å². The van der Waals surface area contributed by atoms with Gasteiger partial charge in [0.15, 0.2) is 0 Å². The number of benzene rings is 1. The van der Waals surface area contributed by atoms with Crippen molar-refractivity contribution in [1.29, 1.82) is 0 Å². The Morgan fingerprint density at radius 3 is 2.36 bits per heavy atom. The molecule has 0 fully saturated rings. The number of ether oxygens (including phenoxy) is 1. The maximum atomic E-state index is 11.9. The van der Waals surface area contributed by atoms with Crippen LogP contribution in [0.15, 0.2) is 24.3 Å². The Kier molecular flexibility index (Phi) is 6.84. The van der Waals surface area contributed by atoms with Gasteiger partial charge in [-0.05, 0) is 38.5 Å². The first-order chi connectivity index (χ1) is 10.2. The van der Waals surface area contributed by atoms with Crippen LogP contribution in [0, 0.1) is 0 Å². The molecular weight excluding hydrogens is 306 g/mol. The van der Waals surface area contributed by atoms with E-state index < -0.39 is 12.0 Å². The maximum absolute atomic E-state index is 11.9. The number of carbonyl (C=O) groups is 2. The van der Waals surface area contributed by atoms with Gasteiger partial charge in [0.2, 0.25) is 5.91 Å². The van der Waals surface area contributed by atoms with Crippen molar-refractivity contribution in [2.45, 2.75) is 45.3 Å². The summed E-state index contributed by atoms with van der Waals surface area (Å²) in [6.45, 7) is 5.94. The zero-order valence-electron chi connectivity index (χ0n) is 13.1. The van der Waals surface area contributed by atoms with Crippen LogP contribution in [0.1, 0.15) is 32.8 Å². The molecule has 22 heavy (non-hydrogen) atoms. The molecule has 0 radical (unpaired) electrons. The minimum atomic E-state index is -1.07. The molecule has 0 spiro atoms. The molecule has 1 unspecified atom stereocenters. The van der Waals surface area contributed by atoms with E-state index in [1.54, 1.807) is 24.3 Å². The van der Waals surface area contributed by atoms with Gasteiger partial charge in [-0.15, -0.1) is 0 Å². The number of nitrogens with one attached hydrogen (secondary N) is 1. The Bertz CT molecular complexity index is 508. The number of carboxylic acid groups (broad SMARTS) is 1. The number of rotatable bonds is 7. The molecule has 0 aliphatic heterocycles. The number of hydrogen-bond acceptors (Lipinski definition) is 3. The van der Waals surface area contributed by atoms with Crippen molar-refractivity contribution in [1.82, 2.24) is 5.32 Å². The van der Waals surface area contributed by atoms with E-state index in [4.69, 9.17) is 21.4 Å². The molecule has 5 nitrogen and oxygen atoms in total. The van der Waals surface area contributed by atoms with Gasteiger partial charge in [0.1, 0.15) is 6.04 Å². The van der Waals surface area contributed by atoms with Gasteiger partial charge < -0.3 is 15.2 Å².